The minimum absolute atomic E-state index is 0.00193. The van der Waals surface area contributed by atoms with Gasteiger partial charge in [0.15, 0.2) is 0 Å². The topological polar surface area (TPSA) is 105 Å². The van der Waals surface area contributed by atoms with E-state index in [2.05, 4.69) is 10.3 Å². The van der Waals surface area contributed by atoms with Crippen LogP contribution >= 0.6 is 0 Å². The maximum atomic E-state index is 14.6. The van der Waals surface area contributed by atoms with Crippen LogP contribution in [0, 0.1) is 18.7 Å². The number of halogens is 1. The average molecular weight is 478 g/mol. The third-order valence-electron chi connectivity index (χ3n) is 5.62. The number of ether oxygens (including phenoxy) is 1. The van der Waals surface area contributed by atoms with Crippen molar-refractivity contribution in [1.29, 1.82) is 0 Å². The Morgan fingerprint density at radius 2 is 1.79 bits per heavy atom. The van der Waals surface area contributed by atoms with Crippen LogP contribution in [0.5, 0.6) is 0 Å². The Hall–Kier alpha value is -2.82. The highest BCUT2D eigenvalue weighted by Crippen LogP contribution is 2.25. The SMILES string of the molecule is COCC(=O)N1CCC(CS(=O)(=O)NNC(=O)c2cc(-c3ccccc3)cc(C)c2F)CC1. The lowest BCUT2D eigenvalue weighted by Gasteiger charge is -2.31. The summed E-state index contributed by atoms with van der Waals surface area (Å²) in [5, 5.41) is 0. The molecule has 178 valence electrons. The third kappa shape index (κ3) is 6.59. The summed E-state index contributed by atoms with van der Waals surface area (Å²) in [7, 11) is -2.40. The summed E-state index contributed by atoms with van der Waals surface area (Å²) in [6.07, 6.45) is 1.05. The number of hydrogen-bond donors (Lipinski definition) is 2. The molecule has 1 heterocycles. The third-order valence-corrected chi connectivity index (χ3v) is 6.94. The van der Waals surface area contributed by atoms with Crippen LogP contribution in [0.1, 0.15) is 28.8 Å². The lowest BCUT2D eigenvalue weighted by Crippen LogP contribution is -2.46. The van der Waals surface area contributed by atoms with Crippen molar-refractivity contribution in [1.82, 2.24) is 15.2 Å². The fourth-order valence-corrected chi connectivity index (χ4v) is 5.12. The second kappa shape index (κ2) is 10.9. The van der Waals surface area contributed by atoms with Gasteiger partial charge in [0.2, 0.25) is 15.9 Å². The number of likely N-dealkylation sites (tertiary alicyclic amines) is 1. The first-order valence-electron chi connectivity index (χ1n) is 10.6. The Morgan fingerprint density at radius 1 is 1.12 bits per heavy atom. The predicted molar refractivity (Wildman–Crippen MR) is 122 cm³/mol. The lowest BCUT2D eigenvalue weighted by atomic mass is 9.99. The number of nitrogens with zero attached hydrogens (tertiary/aromatic N) is 1. The Morgan fingerprint density at radius 3 is 2.42 bits per heavy atom. The number of hydrazine groups is 1. The minimum Gasteiger partial charge on any atom is -0.375 e. The fraction of sp³-hybridized carbons (Fsp3) is 0.391. The zero-order valence-electron chi connectivity index (χ0n) is 18.6. The summed E-state index contributed by atoms with van der Waals surface area (Å²) in [6.45, 7) is 2.45. The number of benzene rings is 2. The number of rotatable bonds is 8. The molecule has 33 heavy (non-hydrogen) atoms. The number of carbonyl (C=O) groups excluding carboxylic acids is 2. The fourth-order valence-electron chi connectivity index (χ4n) is 3.84. The molecule has 0 bridgehead atoms. The van der Waals surface area contributed by atoms with Crippen LogP contribution in [-0.2, 0) is 19.6 Å². The zero-order chi connectivity index (χ0) is 24.0. The molecule has 3 rings (SSSR count). The molecule has 1 aliphatic rings. The van der Waals surface area contributed by atoms with Gasteiger partial charge in [0.1, 0.15) is 12.4 Å². The van der Waals surface area contributed by atoms with E-state index < -0.39 is 21.7 Å². The van der Waals surface area contributed by atoms with Crippen LogP contribution < -0.4 is 10.3 Å². The number of sulfonamides is 1. The monoisotopic (exact) mass is 477 g/mol. The molecule has 0 atom stereocenters. The molecule has 0 spiro atoms. The van der Waals surface area contributed by atoms with Crippen LogP contribution in [0.4, 0.5) is 4.39 Å². The number of methoxy groups -OCH3 is 1. The number of piperidine rings is 1. The summed E-state index contributed by atoms with van der Waals surface area (Å²) in [5.74, 6) is -2.08. The van der Waals surface area contributed by atoms with E-state index in [1.54, 1.807) is 17.9 Å². The van der Waals surface area contributed by atoms with Gasteiger partial charge in [0.05, 0.1) is 11.3 Å². The quantitative estimate of drug-likeness (QED) is 0.568. The van der Waals surface area contributed by atoms with Crippen LogP contribution in [0.15, 0.2) is 42.5 Å². The first-order chi connectivity index (χ1) is 15.7. The molecule has 2 amide bonds. The molecular formula is C23H28FN3O5S. The molecule has 1 fully saturated rings. The molecule has 10 heteroatoms. The second-order valence-corrected chi connectivity index (χ2v) is 9.88. The molecule has 1 saturated heterocycles. The van der Waals surface area contributed by atoms with E-state index in [4.69, 9.17) is 4.74 Å². The normalized spacial score (nSPS) is 14.8. The predicted octanol–water partition coefficient (Wildman–Crippen LogP) is 2.25. The Kier molecular flexibility index (Phi) is 8.17. The van der Waals surface area contributed by atoms with Gasteiger partial charge in [-0.1, -0.05) is 30.3 Å². The smallest absolute Gasteiger partial charge is 0.269 e. The number of amides is 2. The Labute approximate surface area is 193 Å². The van der Waals surface area contributed by atoms with Crippen molar-refractivity contribution in [2.24, 2.45) is 5.92 Å². The molecule has 0 radical (unpaired) electrons. The summed E-state index contributed by atoms with van der Waals surface area (Å²) in [6, 6.07) is 12.2. The van der Waals surface area contributed by atoms with E-state index in [9.17, 15) is 22.4 Å². The standard InChI is InChI=1S/C23H28FN3O5S/c1-16-12-19(18-6-4-3-5-7-18)13-20(22(16)24)23(29)25-26-33(30,31)15-17-8-10-27(11-9-17)21(28)14-32-2/h3-7,12-13,17,26H,8-11,14-15H2,1-2H3,(H,25,29). The van der Waals surface area contributed by atoms with Crippen molar-refractivity contribution in [3.05, 3.63) is 59.4 Å². The van der Waals surface area contributed by atoms with Gasteiger partial charge in [-0.3, -0.25) is 15.0 Å². The molecule has 2 N–H and O–H groups in total. The van der Waals surface area contributed by atoms with Gasteiger partial charge in [0, 0.05) is 20.2 Å². The number of hydrogen-bond acceptors (Lipinski definition) is 5. The first-order valence-corrected chi connectivity index (χ1v) is 12.3. The van der Waals surface area contributed by atoms with Crippen molar-refractivity contribution >= 4 is 21.8 Å². The average Bonchev–Trinajstić information content (AvgIpc) is 2.80. The summed E-state index contributed by atoms with van der Waals surface area (Å²) in [5.41, 5.74) is 3.61. The highest BCUT2D eigenvalue weighted by atomic mass is 32.2. The lowest BCUT2D eigenvalue weighted by molar-refractivity contribution is -0.136. The highest BCUT2D eigenvalue weighted by molar-refractivity contribution is 7.89. The van der Waals surface area contributed by atoms with E-state index in [0.29, 0.717) is 31.5 Å². The Bertz CT molecular complexity index is 1100. The van der Waals surface area contributed by atoms with Gasteiger partial charge < -0.3 is 9.64 Å². The maximum Gasteiger partial charge on any atom is 0.269 e. The first kappa shape index (κ1) is 24.8. The molecular weight excluding hydrogens is 449 g/mol. The van der Waals surface area contributed by atoms with E-state index in [1.165, 1.54) is 13.2 Å². The van der Waals surface area contributed by atoms with Gasteiger partial charge in [-0.15, -0.1) is 4.83 Å². The molecule has 0 unspecified atom stereocenters. The number of carbonyl (C=O) groups is 2. The maximum absolute atomic E-state index is 14.6. The summed E-state index contributed by atoms with van der Waals surface area (Å²) < 4.78 is 44.4. The molecule has 0 saturated carbocycles. The van der Waals surface area contributed by atoms with Gasteiger partial charge in [0.25, 0.3) is 5.91 Å². The minimum atomic E-state index is -3.85. The summed E-state index contributed by atoms with van der Waals surface area (Å²) >= 11 is 0. The van der Waals surface area contributed by atoms with E-state index >= 15 is 0 Å². The van der Waals surface area contributed by atoms with E-state index in [-0.39, 0.29) is 35.3 Å². The molecule has 2 aromatic carbocycles. The molecule has 0 aromatic heterocycles. The number of aryl methyl sites for hydroxylation is 1. The van der Waals surface area contributed by atoms with Crippen molar-refractivity contribution in [2.45, 2.75) is 19.8 Å². The molecule has 0 aliphatic carbocycles. The van der Waals surface area contributed by atoms with Gasteiger partial charge in [-0.2, -0.15) is 0 Å². The van der Waals surface area contributed by atoms with Crippen LogP contribution in [0.2, 0.25) is 0 Å². The van der Waals surface area contributed by atoms with Crippen LogP contribution in [-0.4, -0.2) is 57.7 Å². The van der Waals surface area contributed by atoms with Crippen molar-refractivity contribution in [2.75, 3.05) is 32.6 Å². The number of nitrogens with one attached hydrogen (secondary N) is 2. The van der Waals surface area contributed by atoms with Gasteiger partial charge >= 0.3 is 0 Å². The van der Waals surface area contributed by atoms with Gasteiger partial charge in [-0.25, -0.2) is 12.8 Å². The molecule has 2 aromatic rings. The second-order valence-electron chi connectivity index (χ2n) is 8.12. The molecule has 1 aliphatic heterocycles. The van der Waals surface area contributed by atoms with Crippen molar-refractivity contribution in [3.63, 3.8) is 0 Å². The van der Waals surface area contributed by atoms with Gasteiger partial charge in [-0.05, 0) is 54.5 Å². The van der Waals surface area contributed by atoms with Crippen molar-refractivity contribution < 1.29 is 27.1 Å². The summed E-state index contributed by atoms with van der Waals surface area (Å²) in [4.78, 5) is 28.2. The zero-order valence-corrected chi connectivity index (χ0v) is 19.5. The molecule has 8 nitrogen and oxygen atoms in total. The largest absolute Gasteiger partial charge is 0.375 e. The van der Waals surface area contributed by atoms with Crippen LogP contribution in [0.25, 0.3) is 11.1 Å². The van der Waals surface area contributed by atoms with E-state index in [1.807, 2.05) is 30.3 Å². The van der Waals surface area contributed by atoms with Crippen molar-refractivity contribution in [3.8, 4) is 11.1 Å². The van der Waals surface area contributed by atoms with E-state index in [0.717, 1.165) is 5.56 Å². The highest BCUT2D eigenvalue weighted by Gasteiger charge is 2.27. The van der Waals surface area contributed by atoms with Crippen LogP contribution in [0.3, 0.4) is 0 Å². The Balaban J connectivity index is 1.60.